The van der Waals surface area contributed by atoms with Crippen LogP contribution in [0.3, 0.4) is 0 Å². The molecule has 0 radical (unpaired) electrons. The smallest absolute Gasteiger partial charge is 0.257 e. The highest BCUT2D eigenvalue weighted by molar-refractivity contribution is 6.04. The SMILES string of the molecule is O=C(NCc1cn(Cc2ccccc2)nc1-c1ccccc1)c1cccc(NC(=O)c2cccnc2)c1. The Morgan fingerprint density at radius 1 is 0.784 bits per heavy atom. The first-order valence-electron chi connectivity index (χ1n) is 11.9. The van der Waals surface area contributed by atoms with Crippen molar-refractivity contribution in [2.75, 3.05) is 5.32 Å². The van der Waals surface area contributed by atoms with E-state index in [-0.39, 0.29) is 11.8 Å². The maximum atomic E-state index is 13.0. The topological polar surface area (TPSA) is 88.9 Å². The van der Waals surface area contributed by atoms with E-state index >= 15 is 0 Å². The van der Waals surface area contributed by atoms with Crippen molar-refractivity contribution >= 4 is 17.5 Å². The fourth-order valence-electron chi connectivity index (χ4n) is 4.00. The van der Waals surface area contributed by atoms with Gasteiger partial charge < -0.3 is 10.6 Å². The van der Waals surface area contributed by atoms with E-state index in [2.05, 4.69) is 27.8 Å². The summed E-state index contributed by atoms with van der Waals surface area (Å²) < 4.78 is 1.90. The van der Waals surface area contributed by atoms with Crippen LogP contribution in [0.2, 0.25) is 0 Å². The standard InChI is InChI=1S/C30H25N5O2/c36-29(24-13-7-15-27(17-24)33-30(37)25-14-8-16-31-18-25)32-19-26-21-35(20-22-9-3-1-4-10-22)34-28(26)23-11-5-2-6-12-23/h1-18,21H,19-20H2,(H,32,36)(H,33,37). The fourth-order valence-corrected chi connectivity index (χ4v) is 4.00. The Bertz CT molecular complexity index is 1500. The molecule has 0 saturated heterocycles. The second-order valence-corrected chi connectivity index (χ2v) is 8.51. The molecule has 5 rings (SSSR count). The van der Waals surface area contributed by atoms with Crippen molar-refractivity contribution in [1.82, 2.24) is 20.1 Å². The maximum absolute atomic E-state index is 13.0. The summed E-state index contributed by atoms with van der Waals surface area (Å²) in [6.07, 6.45) is 5.07. The number of rotatable bonds is 8. The predicted octanol–water partition coefficient (Wildman–Crippen LogP) is 5.18. The molecule has 0 spiro atoms. The van der Waals surface area contributed by atoms with Gasteiger partial charge in [0, 0.05) is 47.5 Å². The summed E-state index contributed by atoms with van der Waals surface area (Å²) in [5, 5.41) is 10.6. The summed E-state index contributed by atoms with van der Waals surface area (Å²) in [7, 11) is 0. The quantitative estimate of drug-likeness (QED) is 0.316. The van der Waals surface area contributed by atoms with Gasteiger partial charge in [-0.15, -0.1) is 0 Å². The van der Waals surface area contributed by atoms with Crippen LogP contribution in [-0.2, 0) is 13.1 Å². The van der Waals surface area contributed by atoms with Crippen molar-refractivity contribution < 1.29 is 9.59 Å². The molecule has 0 atom stereocenters. The summed E-state index contributed by atoms with van der Waals surface area (Å²) in [6, 6.07) is 30.3. The first kappa shape index (κ1) is 23.7. The lowest BCUT2D eigenvalue weighted by molar-refractivity contribution is 0.0949. The van der Waals surface area contributed by atoms with Gasteiger partial charge in [-0.1, -0.05) is 66.7 Å². The average molecular weight is 488 g/mol. The van der Waals surface area contributed by atoms with E-state index < -0.39 is 0 Å². The largest absolute Gasteiger partial charge is 0.348 e. The van der Waals surface area contributed by atoms with Gasteiger partial charge in [0.1, 0.15) is 0 Å². The van der Waals surface area contributed by atoms with Crippen LogP contribution in [0.25, 0.3) is 11.3 Å². The van der Waals surface area contributed by atoms with Crippen LogP contribution in [0, 0.1) is 0 Å². The van der Waals surface area contributed by atoms with E-state index in [1.165, 1.54) is 6.20 Å². The van der Waals surface area contributed by atoms with Crippen LogP contribution in [0.1, 0.15) is 31.8 Å². The van der Waals surface area contributed by atoms with Crippen LogP contribution in [0.4, 0.5) is 5.69 Å². The number of carbonyl (C=O) groups is 2. The molecule has 2 N–H and O–H groups in total. The Morgan fingerprint density at radius 2 is 1.54 bits per heavy atom. The minimum Gasteiger partial charge on any atom is -0.348 e. The molecule has 7 nitrogen and oxygen atoms in total. The molecule has 3 aromatic carbocycles. The van der Waals surface area contributed by atoms with E-state index in [0.717, 1.165) is 22.4 Å². The molecule has 2 amide bonds. The van der Waals surface area contributed by atoms with E-state index in [1.807, 2.05) is 59.4 Å². The molecule has 0 bridgehead atoms. The minimum absolute atomic E-state index is 0.243. The van der Waals surface area contributed by atoms with E-state index in [0.29, 0.717) is 29.9 Å². The molecule has 2 heterocycles. The predicted molar refractivity (Wildman–Crippen MR) is 143 cm³/mol. The molecule has 182 valence electrons. The molecule has 0 unspecified atom stereocenters. The van der Waals surface area contributed by atoms with E-state index in [4.69, 9.17) is 5.10 Å². The maximum Gasteiger partial charge on any atom is 0.257 e. The second-order valence-electron chi connectivity index (χ2n) is 8.51. The average Bonchev–Trinajstić information content (AvgIpc) is 3.35. The van der Waals surface area contributed by atoms with E-state index in [1.54, 1.807) is 42.6 Å². The lowest BCUT2D eigenvalue weighted by Crippen LogP contribution is -2.23. The summed E-state index contributed by atoms with van der Waals surface area (Å²) in [5.41, 5.74) is 5.29. The summed E-state index contributed by atoms with van der Waals surface area (Å²) in [5.74, 6) is -0.531. The van der Waals surface area contributed by atoms with Gasteiger partial charge in [0.2, 0.25) is 0 Å². The Kier molecular flexibility index (Phi) is 7.13. The molecule has 0 aliphatic heterocycles. The number of hydrogen-bond acceptors (Lipinski definition) is 4. The van der Waals surface area contributed by atoms with Gasteiger partial charge in [-0.2, -0.15) is 5.10 Å². The first-order valence-corrected chi connectivity index (χ1v) is 11.9. The minimum atomic E-state index is -0.288. The molecule has 0 aliphatic rings. The van der Waals surface area contributed by atoms with Crippen LogP contribution in [0.5, 0.6) is 0 Å². The monoisotopic (exact) mass is 487 g/mol. The van der Waals surface area contributed by atoms with Crippen molar-refractivity contribution in [2.24, 2.45) is 0 Å². The molecule has 7 heteroatoms. The summed E-state index contributed by atoms with van der Waals surface area (Å²) in [4.78, 5) is 29.4. The van der Waals surface area contributed by atoms with Crippen LogP contribution in [0.15, 0.2) is 116 Å². The normalized spacial score (nSPS) is 10.6. The molecule has 37 heavy (non-hydrogen) atoms. The Labute approximate surface area is 214 Å². The highest BCUT2D eigenvalue weighted by Gasteiger charge is 2.14. The molecule has 0 fully saturated rings. The number of pyridine rings is 1. The number of nitrogens with zero attached hydrogens (tertiary/aromatic N) is 3. The van der Waals surface area contributed by atoms with Crippen LogP contribution >= 0.6 is 0 Å². The van der Waals surface area contributed by atoms with Crippen molar-refractivity contribution in [3.05, 3.63) is 138 Å². The third kappa shape index (κ3) is 5.97. The molecular weight excluding hydrogens is 462 g/mol. The van der Waals surface area contributed by atoms with Crippen LogP contribution in [-0.4, -0.2) is 26.6 Å². The van der Waals surface area contributed by atoms with Gasteiger partial charge in [0.05, 0.1) is 17.8 Å². The number of benzene rings is 3. The summed E-state index contributed by atoms with van der Waals surface area (Å²) in [6.45, 7) is 0.942. The van der Waals surface area contributed by atoms with Gasteiger partial charge >= 0.3 is 0 Å². The zero-order valence-corrected chi connectivity index (χ0v) is 20.0. The molecular formula is C30H25N5O2. The lowest BCUT2D eigenvalue weighted by atomic mass is 10.1. The Morgan fingerprint density at radius 3 is 2.30 bits per heavy atom. The number of nitrogens with one attached hydrogen (secondary N) is 2. The Balaban J connectivity index is 1.31. The molecule has 5 aromatic rings. The second kappa shape index (κ2) is 11.1. The van der Waals surface area contributed by atoms with Gasteiger partial charge in [0.25, 0.3) is 11.8 Å². The van der Waals surface area contributed by atoms with Gasteiger partial charge in [-0.25, -0.2) is 0 Å². The number of aromatic nitrogens is 3. The molecule has 0 aliphatic carbocycles. The highest BCUT2D eigenvalue weighted by Crippen LogP contribution is 2.23. The lowest BCUT2D eigenvalue weighted by Gasteiger charge is -2.09. The number of anilines is 1. The van der Waals surface area contributed by atoms with Gasteiger partial charge in [0.15, 0.2) is 0 Å². The third-order valence-corrected chi connectivity index (χ3v) is 5.82. The number of amides is 2. The number of hydrogen-bond donors (Lipinski definition) is 2. The number of carbonyl (C=O) groups excluding carboxylic acids is 2. The van der Waals surface area contributed by atoms with Crippen molar-refractivity contribution in [3.8, 4) is 11.3 Å². The van der Waals surface area contributed by atoms with Crippen molar-refractivity contribution in [3.63, 3.8) is 0 Å². The van der Waals surface area contributed by atoms with Crippen LogP contribution < -0.4 is 10.6 Å². The van der Waals surface area contributed by atoms with Gasteiger partial charge in [-0.05, 0) is 35.9 Å². The zero-order chi connectivity index (χ0) is 25.5. The summed E-state index contributed by atoms with van der Waals surface area (Å²) >= 11 is 0. The fraction of sp³-hybridized carbons (Fsp3) is 0.0667. The zero-order valence-electron chi connectivity index (χ0n) is 20.0. The Hall–Kier alpha value is -5.04. The van der Waals surface area contributed by atoms with Crippen molar-refractivity contribution in [1.29, 1.82) is 0 Å². The molecule has 2 aromatic heterocycles. The van der Waals surface area contributed by atoms with Gasteiger partial charge in [-0.3, -0.25) is 19.3 Å². The van der Waals surface area contributed by atoms with Crippen molar-refractivity contribution in [2.45, 2.75) is 13.1 Å². The third-order valence-electron chi connectivity index (χ3n) is 5.82. The first-order chi connectivity index (χ1) is 18.2. The molecule has 0 saturated carbocycles. The highest BCUT2D eigenvalue weighted by atomic mass is 16.2. The van der Waals surface area contributed by atoms with E-state index in [9.17, 15) is 9.59 Å².